The van der Waals surface area contributed by atoms with Gasteiger partial charge in [-0.2, -0.15) is 0 Å². The Morgan fingerprint density at radius 2 is 1.67 bits per heavy atom. The highest BCUT2D eigenvalue weighted by Crippen LogP contribution is 2.64. The number of hydrogen-bond acceptors (Lipinski definition) is 6. The van der Waals surface area contributed by atoms with Crippen molar-refractivity contribution in [2.24, 2.45) is 46.3 Å². The van der Waals surface area contributed by atoms with Crippen molar-refractivity contribution < 1.29 is 28.4 Å². The van der Waals surface area contributed by atoms with Crippen LogP contribution in [0.3, 0.4) is 0 Å². The highest BCUT2D eigenvalue weighted by atomic mass is 28.4. The second kappa shape index (κ2) is 15.2. The number of amides is 2. The van der Waals surface area contributed by atoms with E-state index in [0.717, 1.165) is 38.7 Å². The molecule has 3 fully saturated rings. The van der Waals surface area contributed by atoms with E-state index in [0.29, 0.717) is 34.7 Å². The molecule has 0 aromatic heterocycles. The van der Waals surface area contributed by atoms with Crippen molar-refractivity contribution in [1.29, 1.82) is 0 Å². The molecule has 3 aliphatic rings. The van der Waals surface area contributed by atoms with Crippen molar-refractivity contribution in [3.63, 3.8) is 0 Å². The van der Waals surface area contributed by atoms with Gasteiger partial charge >= 0.3 is 6.16 Å². The van der Waals surface area contributed by atoms with Gasteiger partial charge in [-0.15, -0.1) is 0 Å². The maximum absolute atomic E-state index is 12.8. The molecule has 2 amide bonds. The summed E-state index contributed by atoms with van der Waals surface area (Å²) in [6.45, 7) is 27.1. The lowest BCUT2D eigenvalue weighted by Crippen LogP contribution is -2.49. The van der Waals surface area contributed by atoms with Crippen molar-refractivity contribution in [2.75, 3.05) is 13.2 Å². The summed E-state index contributed by atoms with van der Waals surface area (Å²) in [5, 5.41) is 0.834. The monoisotopic (exact) mass is 649 g/mol. The second-order valence-electron chi connectivity index (χ2n) is 17.2. The molecule has 3 rings (SSSR count). The van der Waals surface area contributed by atoms with Gasteiger partial charge in [-0.05, 0) is 103 Å². The van der Waals surface area contributed by atoms with Crippen LogP contribution < -0.4 is 0 Å². The average molecular weight is 650 g/mol. The highest BCUT2D eigenvalue weighted by Gasteiger charge is 2.57. The van der Waals surface area contributed by atoms with Gasteiger partial charge in [0, 0.05) is 19.4 Å². The standard InChI is InChI=1S/C37H67NO6Si/c1-12-22-36(8,13-2)30-21-23-37(9)29(27(4)16-14-15-26(3)24-43-45(10,11)35(5,6)7)17-18-31(37)28(30)25-42-34(41)44-38-32(39)19-20-33(38)40/h26-31H,12-25H2,1-11H3/t26-,27-,28-,29-,30+,31+,36-,37-/m1/s1. The molecule has 1 aliphatic heterocycles. The first-order chi connectivity index (χ1) is 20.9. The Labute approximate surface area is 276 Å². The molecular formula is C37H67NO6Si. The summed E-state index contributed by atoms with van der Waals surface area (Å²) >= 11 is 0. The topological polar surface area (TPSA) is 82.1 Å². The second-order valence-corrected chi connectivity index (χ2v) is 22.0. The molecule has 1 saturated heterocycles. The first kappa shape index (κ1) is 38.0. The van der Waals surface area contributed by atoms with Gasteiger partial charge in [0.25, 0.3) is 11.8 Å². The van der Waals surface area contributed by atoms with E-state index in [1.807, 2.05) is 0 Å². The van der Waals surface area contributed by atoms with Crippen molar-refractivity contribution in [3.8, 4) is 0 Å². The van der Waals surface area contributed by atoms with Gasteiger partial charge in [0.15, 0.2) is 8.32 Å². The first-order valence-corrected chi connectivity index (χ1v) is 21.2. The lowest BCUT2D eigenvalue weighted by atomic mass is 9.51. The molecule has 7 nitrogen and oxygen atoms in total. The molecule has 1 heterocycles. The lowest BCUT2D eigenvalue weighted by molar-refractivity contribution is -0.178. The number of rotatable bonds is 15. The van der Waals surface area contributed by atoms with E-state index in [2.05, 4.69) is 75.4 Å². The molecule has 8 heteroatoms. The van der Waals surface area contributed by atoms with Crippen LogP contribution in [-0.4, -0.2) is 44.6 Å². The van der Waals surface area contributed by atoms with Gasteiger partial charge in [-0.3, -0.25) is 14.4 Å². The van der Waals surface area contributed by atoms with E-state index < -0.39 is 26.3 Å². The van der Waals surface area contributed by atoms with E-state index in [1.54, 1.807) is 0 Å². The van der Waals surface area contributed by atoms with Gasteiger partial charge in [0.1, 0.15) is 0 Å². The minimum Gasteiger partial charge on any atom is -0.432 e. The van der Waals surface area contributed by atoms with Crippen LogP contribution in [0.2, 0.25) is 18.1 Å². The van der Waals surface area contributed by atoms with Crippen LogP contribution >= 0.6 is 0 Å². The third-order valence-corrected chi connectivity index (χ3v) is 17.7. The number of carbonyl (C=O) groups is 3. The molecule has 0 spiro atoms. The molecule has 8 atom stereocenters. The van der Waals surface area contributed by atoms with Crippen LogP contribution in [0.1, 0.15) is 139 Å². The molecule has 0 aromatic carbocycles. The number of carbonyl (C=O) groups excluding carboxylic acids is 3. The summed E-state index contributed by atoms with van der Waals surface area (Å²) in [6.07, 6.45) is 11.1. The summed E-state index contributed by atoms with van der Waals surface area (Å²) in [5.74, 6) is 2.10. The lowest BCUT2D eigenvalue weighted by Gasteiger charge is -2.54. The Balaban J connectivity index is 1.66. The van der Waals surface area contributed by atoms with Crippen LogP contribution in [0.25, 0.3) is 0 Å². The zero-order chi connectivity index (χ0) is 33.8. The van der Waals surface area contributed by atoms with E-state index >= 15 is 0 Å². The molecule has 0 bridgehead atoms. The molecule has 45 heavy (non-hydrogen) atoms. The predicted molar refractivity (Wildman–Crippen MR) is 183 cm³/mol. The minimum absolute atomic E-state index is 0.0757. The minimum atomic E-state index is -1.71. The Bertz CT molecular complexity index is 1010. The Kier molecular flexibility index (Phi) is 12.9. The smallest absolute Gasteiger partial charge is 0.432 e. The fourth-order valence-corrected chi connectivity index (χ4v) is 10.3. The predicted octanol–water partition coefficient (Wildman–Crippen LogP) is 9.94. The van der Waals surface area contributed by atoms with Crippen LogP contribution in [-0.2, 0) is 23.6 Å². The van der Waals surface area contributed by atoms with Crippen LogP contribution in [0.5, 0.6) is 0 Å². The van der Waals surface area contributed by atoms with Crippen molar-refractivity contribution in [3.05, 3.63) is 0 Å². The van der Waals surface area contributed by atoms with Crippen molar-refractivity contribution >= 4 is 26.3 Å². The van der Waals surface area contributed by atoms with Gasteiger partial charge in [-0.25, -0.2) is 4.79 Å². The number of hydrogen-bond donors (Lipinski definition) is 0. The quantitative estimate of drug-likeness (QED) is 0.0998. The Morgan fingerprint density at radius 3 is 2.24 bits per heavy atom. The first-order valence-electron chi connectivity index (χ1n) is 18.2. The van der Waals surface area contributed by atoms with E-state index in [9.17, 15) is 14.4 Å². The van der Waals surface area contributed by atoms with Crippen molar-refractivity contribution in [2.45, 2.75) is 157 Å². The van der Waals surface area contributed by atoms with Crippen LogP contribution in [0, 0.1) is 46.3 Å². The van der Waals surface area contributed by atoms with Crippen LogP contribution in [0.4, 0.5) is 4.79 Å². The highest BCUT2D eigenvalue weighted by molar-refractivity contribution is 6.74. The molecule has 260 valence electrons. The average Bonchev–Trinajstić information content (AvgIpc) is 3.48. The zero-order valence-corrected chi connectivity index (χ0v) is 31.8. The number of imide groups is 1. The number of hydroxylamine groups is 2. The maximum atomic E-state index is 12.8. The van der Waals surface area contributed by atoms with Gasteiger partial charge in [-0.1, -0.05) is 93.1 Å². The largest absolute Gasteiger partial charge is 0.533 e. The van der Waals surface area contributed by atoms with E-state index in [-0.39, 0.29) is 41.2 Å². The molecular weight excluding hydrogens is 582 g/mol. The fourth-order valence-electron chi connectivity index (χ4n) is 9.12. The third-order valence-electron chi connectivity index (χ3n) is 13.2. The van der Waals surface area contributed by atoms with Gasteiger partial charge < -0.3 is 9.16 Å². The third kappa shape index (κ3) is 8.74. The van der Waals surface area contributed by atoms with Crippen molar-refractivity contribution in [1.82, 2.24) is 5.06 Å². The Hall–Kier alpha value is -1.41. The number of nitrogens with zero attached hydrogens (tertiary/aromatic N) is 1. The number of fused-ring (bicyclic) bond motifs is 1. The Morgan fingerprint density at radius 1 is 1.02 bits per heavy atom. The molecule has 0 unspecified atom stereocenters. The summed E-state index contributed by atoms with van der Waals surface area (Å²) < 4.78 is 12.3. The maximum Gasteiger partial charge on any atom is 0.533 e. The SMILES string of the molecule is CCC[C@@](C)(CC)[C@H]1CC[C@]2(C)[C@@H]([C@H](C)CCC[C@@H](C)CO[Si](C)(C)C(C)(C)C)CC[C@H]2[C@@H]1COC(=O)ON1C(=O)CCC1=O. The molecule has 2 aliphatic carbocycles. The molecule has 0 aromatic rings. The normalized spacial score (nSPS) is 30.2. The molecule has 0 radical (unpaired) electrons. The fraction of sp³-hybridized carbons (Fsp3) is 0.919. The summed E-state index contributed by atoms with van der Waals surface area (Å²) in [6, 6.07) is 0. The summed E-state index contributed by atoms with van der Waals surface area (Å²) in [5.41, 5.74) is 0.397. The zero-order valence-electron chi connectivity index (χ0n) is 30.8. The molecule has 0 N–H and O–H groups in total. The number of ether oxygens (including phenoxy) is 1. The van der Waals surface area contributed by atoms with E-state index in [4.69, 9.17) is 14.0 Å². The van der Waals surface area contributed by atoms with E-state index in [1.165, 1.54) is 32.1 Å². The van der Waals surface area contributed by atoms with Crippen LogP contribution in [0.15, 0.2) is 0 Å². The van der Waals surface area contributed by atoms with Gasteiger partial charge in [0.2, 0.25) is 0 Å². The molecule has 2 saturated carbocycles. The summed E-state index contributed by atoms with van der Waals surface area (Å²) in [7, 11) is -1.71. The summed E-state index contributed by atoms with van der Waals surface area (Å²) in [4.78, 5) is 41.9. The van der Waals surface area contributed by atoms with Gasteiger partial charge in [0.05, 0.1) is 6.61 Å².